The number of pyridine rings is 1. The monoisotopic (exact) mass is 488 g/mol. The van der Waals surface area contributed by atoms with Crippen LogP contribution in [0.2, 0.25) is 0 Å². The second-order valence-corrected chi connectivity index (χ2v) is 7.62. The number of rotatable bonds is 6. The van der Waals surface area contributed by atoms with E-state index in [1.54, 1.807) is 19.1 Å². The largest absolute Gasteiger partial charge is 0.494 e. The van der Waals surface area contributed by atoms with Gasteiger partial charge in [0, 0.05) is 16.5 Å². The maximum absolute atomic E-state index is 14.1. The number of halogens is 4. The van der Waals surface area contributed by atoms with Gasteiger partial charge in [-0.2, -0.15) is 13.2 Å². The second-order valence-electron chi connectivity index (χ2n) is 7.62. The van der Waals surface area contributed by atoms with Crippen LogP contribution in [0, 0.1) is 5.82 Å². The Morgan fingerprint density at radius 1 is 1.14 bits per heavy atom. The summed E-state index contributed by atoms with van der Waals surface area (Å²) in [5, 5.41) is 2.93. The summed E-state index contributed by atoms with van der Waals surface area (Å²) in [4.78, 5) is 20.9. The molecule has 0 spiro atoms. The first-order valence-corrected chi connectivity index (χ1v) is 10.4. The van der Waals surface area contributed by atoms with Gasteiger partial charge in [-0.1, -0.05) is 18.2 Å². The van der Waals surface area contributed by atoms with Crippen LogP contribution in [-0.2, 0) is 12.7 Å². The Balaban J connectivity index is 1.74. The van der Waals surface area contributed by atoms with E-state index in [-0.39, 0.29) is 51.7 Å². The highest BCUT2D eigenvalue weighted by atomic mass is 19.4. The predicted octanol–water partition coefficient (Wildman–Crippen LogP) is 5.01. The lowest BCUT2D eigenvalue weighted by molar-refractivity contribution is -0.140. The van der Waals surface area contributed by atoms with Crippen molar-refractivity contribution in [3.63, 3.8) is 0 Å². The lowest BCUT2D eigenvalue weighted by atomic mass is 10.1. The zero-order chi connectivity index (χ0) is 25.3. The normalized spacial score (nSPS) is 12.5. The highest BCUT2D eigenvalue weighted by Gasteiger charge is 2.33. The van der Waals surface area contributed by atoms with Gasteiger partial charge in [-0.05, 0) is 37.3 Å². The molecule has 11 heteroatoms. The molecule has 182 valence electrons. The fraction of sp³-hybridized carbons (Fsp3) is 0.208. The van der Waals surface area contributed by atoms with E-state index < -0.39 is 29.6 Å². The maximum atomic E-state index is 14.1. The van der Waals surface area contributed by atoms with Gasteiger partial charge in [0.25, 0.3) is 5.91 Å². The Bertz CT molecular complexity index is 1400. The molecule has 0 aliphatic carbocycles. The minimum atomic E-state index is -4.65. The van der Waals surface area contributed by atoms with E-state index in [0.29, 0.717) is 0 Å². The predicted molar refractivity (Wildman–Crippen MR) is 119 cm³/mol. The number of hydrogen-bond donors (Lipinski definition) is 2. The van der Waals surface area contributed by atoms with Crippen LogP contribution in [0.3, 0.4) is 0 Å². The molecule has 4 rings (SSSR count). The van der Waals surface area contributed by atoms with E-state index in [4.69, 9.17) is 14.9 Å². The van der Waals surface area contributed by atoms with Gasteiger partial charge in [0.1, 0.15) is 22.8 Å². The van der Waals surface area contributed by atoms with Crippen molar-refractivity contribution in [1.29, 1.82) is 0 Å². The molecule has 2 heterocycles. The average molecular weight is 488 g/mol. The second kappa shape index (κ2) is 9.34. The number of carbonyl (C=O) groups excluding carboxylic acids is 1. The summed E-state index contributed by atoms with van der Waals surface area (Å²) in [5.74, 6) is -0.982. The molecule has 3 N–H and O–H groups in total. The minimum absolute atomic E-state index is 0.0386. The number of fused-ring (bicyclic) bond motifs is 1. The number of oxazole rings is 1. The number of nitrogens with two attached hydrogens (primary N) is 1. The third-order valence-electron chi connectivity index (χ3n) is 5.38. The molecule has 2 aromatic carbocycles. The van der Waals surface area contributed by atoms with E-state index in [9.17, 15) is 22.4 Å². The summed E-state index contributed by atoms with van der Waals surface area (Å²) in [6.45, 7) is 1.44. The summed E-state index contributed by atoms with van der Waals surface area (Å²) in [5.41, 5.74) is 5.06. The van der Waals surface area contributed by atoms with Gasteiger partial charge in [0.05, 0.1) is 19.7 Å². The van der Waals surface area contributed by atoms with Crippen molar-refractivity contribution in [1.82, 2.24) is 15.3 Å². The van der Waals surface area contributed by atoms with E-state index in [0.717, 1.165) is 6.07 Å². The van der Waals surface area contributed by atoms with Gasteiger partial charge in [0.2, 0.25) is 5.89 Å². The van der Waals surface area contributed by atoms with Gasteiger partial charge in [-0.3, -0.25) is 4.79 Å². The number of aromatic nitrogens is 2. The van der Waals surface area contributed by atoms with E-state index in [1.165, 1.54) is 37.4 Å². The number of alkyl halides is 3. The van der Waals surface area contributed by atoms with Crippen LogP contribution >= 0.6 is 0 Å². The van der Waals surface area contributed by atoms with Crippen molar-refractivity contribution in [2.75, 3.05) is 7.11 Å². The average Bonchev–Trinajstić information content (AvgIpc) is 3.27. The number of nitrogens with zero attached hydrogens (tertiary/aromatic N) is 2. The SMILES string of the molecule is COc1ccc(-c2nc(C(=O)NC(C)c3ccccc3F)c(CN)o2)c2ccc(C(F)(F)F)nc12. The van der Waals surface area contributed by atoms with Gasteiger partial charge in [-0.25, -0.2) is 14.4 Å². The number of benzene rings is 2. The molecule has 0 aliphatic heterocycles. The van der Waals surface area contributed by atoms with Crippen molar-refractivity contribution in [3.05, 3.63) is 77.1 Å². The Kier molecular flexibility index (Phi) is 6.44. The number of methoxy groups -OCH3 is 1. The summed E-state index contributed by atoms with van der Waals surface area (Å²) in [7, 11) is 1.31. The Hall–Kier alpha value is -3.99. The third kappa shape index (κ3) is 4.67. The highest BCUT2D eigenvalue weighted by molar-refractivity contribution is 5.98. The molecule has 0 aliphatic rings. The number of nitrogens with one attached hydrogen (secondary N) is 1. The molecule has 1 unspecified atom stereocenters. The highest BCUT2D eigenvalue weighted by Crippen LogP contribution is 2.37. The van der Waals surface area contributed by atoms with Crippen LogP contribution in [0.15, 0.2) is 52.9 Å². The number of amides is 1. The van der Waals surface area contributed by atoms with Crippen LogP contribution in [0.25, 0.3) is 22.4 Å². The quantitative estimate of drug-likeness (QED) is 0.370. The van der Waals surface area contributed by atoms with Crippen LogP contribution < -0.4 is 15.8 Å². The molecule has 35 heavy (non-hydrogen) atoms. The lowest BCUT2D eigenvalue weighted by Gasteiger charge is -2.14. The van der Waals surface area contributed by atoms with Gasteiger partial charge in [-0.15, -0.1) is 0 Å². The molecule has 2 aromatic heterocycles. The number of ether oxygens (including phenoxy) is 1. The topological polar surface area (TPSA) is 103 Å². The Morgan fingerprint density at radius 3 is 2.54 bits per heavy atom. The molecule has 1 atom stereocenters. The van der Waals surface area contributed by atoms with Gasteiger partial charge < -0.3 is 20.2 Å². The molecule has 0 fully saturated rings. The number of carbonyl (C=O) groups is 1. The summed E-state index contributed by atoms with van der Waals surface area (Å²) in [6.07, 6.45) is -4.65. The van der Waals surface area contributed by atoms with E-state index >= 15 is 0 Å². The molecule has 7 nitrogen and oxygen atoms in total. The first kappa shape index (κ1) is 24.1. The maximum Gasteiger partial charge on any atom is 0.433 e. The van der Waals surface area contributed by atoms with Crippen molar-refractivity contribution < 1.29 is 31.5 Å². The van der Waals surface area contributed by atoms with Gasteiger partial charge >= 0.3 is 6.18 Å². The molecule has 0 saturated carbocycles. The van der Waals surface area contributed by atoms with Gasteiger partial charge in [0.15, 0.2) is 11.5 Å². The Labute approximate surface area is 196 Å². The van der Waals surface area contributed by atoms with Crippen LogP contribution in [0.1, 0.15) is 40.5 Å². The van der Waals surface area contributed by atoms with Crippen LogP contribution in [-0.4, -0.2) is 23.0 Å². The standard InChI is InChI=1S/C24H20F4N4O3/c1-12(13-5-3-4-6-16(13)25)30-22(33)21-18(11-29)35-23(32-21)15-7-9-17(34-2)20-14(15)8-10-19(31-20)24(26,27)28/h3-10,12H,11,29H2,1-2H3,(H,30,33). The zero-order valence-electron chi connectivity index (χ0n) is 18.6. The zero-order valence-corrected chi connectivity index (χ0v) is 18.6. The molecule has 0 bridgehead atoms. The van der Waals surface area contributed by atoms with E-state index in [1.807, 2.05) is 0 Å². The molecular formula is C24H20F4N4O3. The molecule has 0 saturated heterocycles. The summed E-state index contributed by atoms with van der Waals surface area (Å²) >= 11 is 0. The van der Waals surface area contributed by atoms with Crippen LogP contribution in [0.5, 0.6) is 5.75 Å². The van der Waals surface area contributed by atoms with Crippen LogP contribution in [0.4, 0.5) is 17.6 Å². The first-order valence-electron chi connectivity index (χ1n) is 10.4. The molecular weight excluding hydrogens is 468 g/mol. The molecule has 0 radical (unpaired) electrons. The smallest absolute Gasteiger partial charge is 0.433 e. The van der Waals surface area contributed by atoms with Crippen molar-refractivity contribution in [2.24, 2.45) is 5.73 Å². The first-order chi connectivity index (χ1) is 16.6. The Morgan fingerprint density at radius 2 is 1.89 bits per heavy atom. The summed E-state index contributed by atoms with van der Waals surface area (Å²) in [6, 6.07) is 10.4. The summed E-state index contributed by atoms with van der Waals surface area (Å²) < 4.78 is 64.6. The fourth-order valence-corrected chi connectivity index (χ4v) is 3.65. The fourth-order valence-electron chi connectivity index (χ4n) is 3.65. The molecule has 4 aromatic rings. The number of hydrogen-bond acceptors (Lipinski definition) is 6. The van der Waals surface area contributed by atoms with Crippen molar-refractivity contribution in [3.8, 4) is 17.2 Å². The lowest BCUT2D eigenvalue weighted by Crippen LogP contribution is -2.28. The molecule has 1 amide bonds. The van der Waals surface area contributed by atoms with Crippen molar-refractivity contribution >= 4 is 16.8 Å². The third-order valence-corrected chi connectivity index (χ3v) is 5.38. The van der Waals surface area contributed by atoms with E-state index in [2.05, 4.69) is 15.3 Å². The minimum Gasteiger partial charge on any atom is -0.494 e. The van der Waals surface area contributed by atoms with Crippen molar-refractivity contribution in [2.45, 2.75) is 25.7 Å².